The number of hydrogen-bond donors (Lipinski definition) is 1. The normalized spacial score (nSPS) is 20.0. The summed E-state index contributed by atoms with van der Waals surface area (Å²) in [5.41, 5.74) is -0.513. The van der Waals surface area contributed by atoms with E-state index in [1.54, 1.807) is 0 Å². The summed E-state index contributed by atoms with van der Waals surface area (Å²) in [5.74, 6) is -0.536. The first kappa shape index (κ1) is 21.5. The molecule has 0 amide bonds. The van der Waals surface area contributed by atoms with Gasteiger partial charge in [0.2, 0.25) is 0 Å². The monoisotopic (exact) mass is 388 g/mol. The summed E-state index contributed by atoms with van der Waals surface area (Å²) in [6.07, 6.45) is -1.38. The van der Waals surface area contributed by atoms with E-state index in [0.29, 0.717) is 11.5 Å². The number of alkyl halides is 3. The second-order valence-electron chi connectivity index (χ2n) is 6.22. The van der Waals surface area contributed by atoms with E-state index in [-0.39, 0.29) is 30.9 Å². The third-order valence-electron chi connectivity index (χ3n) is 4.53. The predicted octanol–water partition coefficient (Wildman–Crippen LogP) is 4.43. The fraction of sp³-hybridized carbons (Fsp3) is 0.625. The van der Waals surface area contributed by atoms with Crippen molar-refractivity contribution >= 4 is 24.8 Å². The molecule has 0 bridgehead atoms. The molecule has 1 aliphatic carbocycles. The molecule has 1 N–H and O–H groups in total. The Morgan fingerprint density at radius 1 is 1.12 bits per heavy atom. The van der Waals surface area contributed by atoms with Crippen molar-refractivity contribution in [3.8, 4) is 0 Å². The van der Waals surface area contributed by atoms with Gasteiger partial charge in [-0.15, -0.1) is 24.8 Å². The van der Waals surface area contributed by atoms with Gasteiger partial charge in [0, 0.05) is 32.2 Å². The number of hydrogen-bond acceptors (Lipinski definition) is 2. The van der Waals surface area contributed by atoms with Crippen LogP contribution in [-0.4, -0.2) is 31.1 Å². The van der Waals surface area contributed by atoms with Gasteiger partial charge < -0.3 is 5.32 Å². The van der Waals surface area contributed by atoms with Crippen molar-refractivity contribution in [1.29, 1.82) is 0 Å². The van der Waals surface area contributed by atoms with Crippen LogP contribution >= 0.6 is 24.8 Å². The summed E-state index contributed by atoms with van der Waals surface area (Å²) in [6, 6.07) is 3.43. The van der Waals surface area contributed by atoms with Crippen molar-refractivity contribution in [3.05, 3.63) is 35.1 Å². The molecule has 0 spiro atoms. The van der Waals surface area contributed by atoms with E-state index in [0.717, 1.165) is 44.7 Å². The third-order valence-corrected chi connectivity index (χ3v) is 4.53. The van der Waals surface area contributed by atoms with Gasteiger partial charge in [-0.25, -0.2) is 4.39 Å². The second-order valence-corrected chi connectivity index (χ2v) is 6.22. The lowest BCUT2D eigenvalue weighted by molar-refractivity contribution is -0.140. The smallest absolute Gasteiger partial charge is 0.314 e. The van der Waals surface area contributed by atoms with Crippen molar-refractivity contribution in [2.24, 2.45) is 5.92 Å². The van der Waals surface area contributed by atoms with Gasteiger partial charge in [-0.2, -0.15) is 13.2 Å². The van der Waals surface area contributed by atoms with Crippen LogP contribution in [0, 0.1) is 11.7 Å². The lowest BCUT2D eigenvalue weighted by Gasteiger charge is -2.35. The Hall–Kier alpha value is -0.560. The lowest BCUT2D eigenvalue weighted by atomic mass is 9.97. The zero-order valence-corrected chi connectivity index (χ0v) is 14.7. The van der Waals surface area contributed by atoms with Crippen LogP contribution in [0.3, 0.4) is 0 Å². The van der Waals surface area contributed by atoms with Gasteiger partial charge in [0.25, 0.3) is 0 Å². The number of nitrogens with zero attached hydrogens (tertiary/aromatic N) is 1. The lowest BCUT2D eigenvalue weighted by Crippen LogP contribution is -2.45. The highest BCUT2D eigenvalue weighted by molar-refractivity contribution is 5.85. The number of benzene rings is 1. The standard InChI is InChI=1S/C16H20F4N2.2ClH/c17-14-10-12(3-4-13(14)16(18,19)20)15(9-11-1-2-11)22-7-5-21-6-8-22;;/h3-4,10-11,15,21H,1-2,5-9H2;2*1H/t15-;;/m1../s1. The van der Waals surface area contributed by atoms with Crippen molar-refractivity contribution in [1.82, 2.24) is 10.2 Å². The topological polar surface area (TPSA) is 15.3 Å². The van der Waals surface area contributed by atoms with Gasteiger partial charge in [0.05, 0.1) is 5.56 Å². The molecule has 0 radical (unpaired) electrons. The van der Waals surface area contributed by atoms with E-state index in [2.05, 4.69) is 10.2 Å². The maximum Gasteiger partial charge on any atom is 0.419 e. The Morgan fingerprint density at radius 3 is 2.25 bits per heavy atom. The number of nitrogens with one attached hydrogen (secondary N) is 1. The average Bonchev–Trinajstić information content (AvgIpc) is 3.28. The number of rotatable bonds is 4. The fourth-order valence-electron chi connectivity index (χ4n) is 3.13. The highest BCUT2D eigenvalue weighted by atomic mass is 35.5. The predicted molar refractivity (Wildman–Crippen MR) is 90.4 cm³/mol. The number of halogens is 6. The van der Waals surface area contributed by atoms with Crippen LogP contribution in [0.5, 0.6) is 0 Å². The van der Waals surface area contributed by atoms with Crippen LogP contribution < -0.4 is 5.32 Å². The minimum absolute atomic E-state index is 0. The molecule has 138 valence electrons. The van der Waals surface area contributed by atoms with Crippen LogP contribution in [0.1, 0.15) is 36.4 Å². The van der Waals surface area contributed by atoms with E-state index in [1.807, 2.05) is 0 Å². The second kappa shape index (κ2) is 8.70. The maximum absolute atomic E-state index is 13.9. The summed E-state index contributed by atoms with van der Waals surface area (Å²) >= 11 is 0. The zero-order chi connectivity index (χ0) is 15.7. The molecule has 1 saturated carbocycles. The van der Waals surface area contributed by atoms with Crippen LogP contribution in [0.2, 0.25) is 0 Å². The SMILES string of the molecule is Cl.Cl.Fc1cc([C@@H](CC2CC2)N2CCNCC2)ccc1C(F)(F)F. The average molecular weight is 389 g/mol. The summed E-state index contributed by atoms with van der Waals surface area (Å²) < 4.78 is 52.0. The first-order valence-corrected chi connectivity index (χ1v) is 7.76. The zero-order valence-electron chi connectivity index (χ0n) is 13.1. The molecule has 24 heavy (non-hydrogen) atoms. The summed E-state index contributed by atoms with van der Waals surface area (Å²) in [7, 11) is 0. The third kappa shape index (κ3) is 5.22. The van der Waals surface area contributed by atoms with Gasteiger partial charge in [-0.05, 0) is 30.0 Å². The summed E-state index contributed by atoms with van der Waals surface area (Å²) in [6.45, 7) is 3.43. The Morgan fingerprint density at radius 2 is 1.75 bits per heavy atom. The molecule has 2 fully saturated rings. The molecule has 1 saturated heterocycles. The minimum Gasteiger partial charge on any atom is -0.314 e. The van der Waals surface area contributed by atoms with Gasteiger partial charge >= 0.3 is 6.18 Å². The molecule has 2 aliphatic rings. The fourth-order valence-corrected chi connectivity index (χ4v) is 3.13. The molecule has 8 heteroatoms. The van der Waals surface area contributed by atoms with Crippen LogP contribution in [0.15, 0.2) is 18.2 Å². The van der Waals surface area contributed by atoms with E-state index < -0.39 is 17.6 Å². The minimum atomic E-state index is -4.64. The van der Waals surface area contributed by atoms with Crippen molar-refractivity contribution in [2.75, 3.05) is 26.2 Å². The van der Waals surface area contributed by atoms with Gasteiger partial charge in [-0.3, -0.25) is 4.90 Å². The van der Waals surface area contributed by atoms with E-state index >= 15 is 0 Å². The van der Waals surface area contributed by atoms with E-state index in [9.17, 15) is 17.6 Å². The summed E-state index contributed by atoms with van der Waals surface area (Å²) in [4.78, 5) is 2.26. The van der Waals surface area contributed by atoms with E-state index in [1.165, 1.54) is 18.9 Å². The van der Waals surface area contributed by atoms with Crippen LogP contribution in [0.25, 0.3) is 0 Å². The molecule has 0 aromatic heterocycles. The molecule has 1 atom stereocenters. The Balaban J connectivity index is 0.00000144. The van der Waals surface area contributed by atoms with Crippen molar-refractivity contribution in [2.45, 2.75) is 31.5 Å². The molecular weight excluding hydrogens is 367 g/mol. The molecule has 1 heterocycles. The molecule has 1 aromatic carbocycles. The van der Waals surface area contributed by atoms with Crippen molar-refractivity contribution < 1.29 is 17.6 Å². The maximum atomic E-state index is 13.9. The molecule has 1 aliphatic heterocycles. The summed E-state index contributed by atoms with van der Waals surface area (Å²) in [5, 5.41) is 3.27. The van der Waals surface area contributed by atoms with Gasteiger partial charge in [0.1, 0.15) is 5.82 Å². The molecule has 3 rings (SSSR count). The first-order chi connectivity index (χ1) is 10.4. The number of piperazine rings is 1. The van der Waals surface area contributed by atoms with Gasteiger partial charge in [0.15, 0.2) is 0 Å². The quantitative estimate of drug-likeness (QED) is 0.767. The Kier molecular flexibility index (Phi) is 7.78. The molecule has 2 nitrogen and oxygen atoms in total. The van der Waals surface area contributed by atoms with Crippen molar-refractivity contribution in [3.63, 3.8) is 0 Å². The highest BCUT2D eigenvalue weighted by Gasteiger charge is 2.35. The molecule has 0 unspecified atom stereocenters. The van der Waals surface area contributed by atoms with Crippen LogP contribution in [0.4, 0.5) is 17.6 Å². The van der Waals surface area contributed by atoms with Gasteiger partial charge in [-0.1, -0.05) is 18.9 Å². The largest absolute Gasteiger partial charge is 0.419 e. The Labute approximate surface area is 151 Å². The van der Waals surface area contributed by atoms with E-state index in [4.69, 9.17) is 0 Å². The van der Waals surface area contributed by atoms with Crippen LogP contribution in [-0.2, 0) is 6.18 Å². The first-order valence-electron chi connectivity index (χ1n) is 7.76. The molecular formula is C16H22Cl2F4N2. The highest BCUT2D eigenvalue weighted by Crippen LogP contribution is 2.41. The Bertz CT molecular complexity index is 529. The molecule has 1 aromatic rings.